The summed E-state index contributed by atoms with van der Waals surface area (Å²) in [6.45, 7) is -2.18. The lowest BCUT2D eigenvalue weighted by Crippen LogP contribution is -2.53. The highest BCUT2D eigenvalue weighted by Gasteiger charge is 2.33. The number of likely N-dealkylation sites (tertiary alicyclic amines) is 1. The van der Waals surface area contributed by atoms with Gasteiger partial charge in [-0.25, -0.2) is 16.5 Å². The van der Waals surface area contributed by atoms with Crippen LogP contribution in [0.4, 0.5) is 5.82 Å². The molecule has 7 heteroatoms. The van der Waals surface area contributed by atoms with Gasteiger partial charge in [0, 0.05) is 31.7 Å². The summed E-state index contributed by atoms with van der Waals surface area (Å²) in [4.78, 5) is 26.5. The molecule has 1 N–H and O–H groups in total. The SMILES string of the molecule is [2H]c1nc(N(C)[C@]2([2H])[C@H](C)C([2H])([2H])C([2H])([2H])N(C(=O)C([2H])([2H])[N+]#[C-])C2([2H])[2H])c2cc[nH]c2n1. The number of hydrogen-bond donors (Lipinski definition) is 1. The summed E-state index contributed by atoms with van der Waals surface area (Å²) in [7, 11) is 1.18. The van der Waals surface area contributed by atoms with E-state index >= 15 is 0 Å². The minimum Gasteiger partial charge on any atom is -0.354 e. The standard InChI is InChI=1S/C16H20N6O/c1-11-5-7-22(14(23)8-17-2)9-13(11)21(3)16-12-4-6-18-15(12)19-10-20-16/h4,6,10-11,13H,5,7-9H2,1,3H3,(H,18,19,20)/t11-,13+/m1/s1/i5D2,7D2,8D2,9D2,10D,13D. The lowest BCUT2D eigenvalue weighted by molar-refractivity contribution is -0.130. The molecule has 0 aromatic carbocycles. The van der Waals surface area contributed by atoms with Crippen LogP contribution in [-0.2, 0) is 4.79 Å². The highest BCUT2D eigenvalue weighted by molar-refractivity contribution is 5.87. The average Bonchev–Trinajstić information content (AvgIpc) is 3.18. The predicted molar refractivity (Wildman–Crippen MR) is 87.9 cm³/mol. The Kier molecular flexibility index (Phi) is 1.98. The van der Waals surface area contributed by atoms with Gasteiger partial charge in [0.15, 0.2) is 0 Å². The molecule has 0 aliphatic carbocycles. The van der Waals surface area contributed by atoms with Crippen molar-refractivity contribution in [1.29, 1.82) is 0 Å². The van der Waals surface area contributed by atoms with Crippen molar-refractivity contribution in [2.75, 3.05) is 31.4 Å². The lowest BCUT2D eigenvalue weighted by Gasteiger charge is -2.41. The van der Waals surface area contributed by atoms with Crippen molar-refractivity contribution in [2.24, 2.45) is 5.92 Å². The topological polar surface area (TPSA) is 69.5 Å². The predicted octanol–water partition coefficient (Wildman–Crippen LogP) is 1.55. The van der Waals surface area contributed by atoms with Gasteiger partial charge < -0.3 is 19.6 Å². The number of likely N-dealkylation sites (N-methyl/N-ethyl adjacent to an activating group) is 1. The zero-order chi connectivity index (χ0) is 25.4. The fourth-order valence-electron chi connectivity index (χ4n) is 2.22. The molecular weight excluding hydrogens is 292 g/mol. The largest absolute Gasteiger partial charge is 0.354 e. The van der Waals surface area contributed by atoms with Crippen LogP contribution in [0.3, 0.4) is 0 Å². The van der Waals surface area contributed by atoms with Crippen LogP contribution in [0.5, 0.6) is 0 Å². The van der Waals surface area contributed by atoms with E-state index in [-0.39, 0.29) is 21.8 Å². The molecule has 0 saturated carbocycles. The highest BCUT2D eigenvalue weighted by Crippen LogP contribution is 2.28. The van der Waals surface area contributed by atoms with E-state index in [4.69, 9.17) is 20.3 Å². The Morgan fingerprint density at radius 3 is 3.39 bits per heavy atom. The van der Waals surface area contributed by atoms with Crippen LogP contribution in [0.1, 0.15) is 27.0 Å². The summed E-state index contributed by atoms with van der Waals surface area (Å²) in [5.74, 6) is -3.87. The van der Waals surface area contributed by atoms with E-state index in [1.165, 1.54) is 19.3 Å². The number of piperidine rings is 1. The van der Waals surface area contributed by atoms with Crippen LogP contribution in [-0.4, -0.2) is 58.3 Å². The Balaban J connectivity index is 2.32. The van der Waals surface area contributed by atoms with Gasteiger partial charge in [0.1, 0.15) is 21.9 Å². The summed E-state index contributed by atoms with van der Waals surface area (Å²) in [6.07, 6.45) is -2.10. The number of nitrogens with zero attached hydrogens (tertiary/aromatic N) is 5. The molecule has 2 aromatic heterocycles. The maximum atomic E-state index is 12.9. The van der Waals surface area contributed by atoms with Gasteiger partial charge in [0.25, 0.3) is 6.50 Å². The van der Waals surface area contributed by atoms with Crippen molar-refractivity contribution < 1.29 is 18.5 Å². The Labute approximate surface area is 149 Å². The summed E-state index contributed by atoms with van der Waals surface area (Å²) >= 11 is 0. The lowest BCUT2D eigenvalue weighted by atomic mass is 9.92. The Bertz CT molecular complexity index is 1160. The number of carbonyl (C=O) groups is 1. The van der Waals surface area contributed by atoms with Gasteiger partial charge in [-0.3, -0.25) is 4.79 Å². The molecule has 0 bridgehead atoms. The first-order valence-corrected chi connectivity index (χ1v) is 6.68. The Hall–Kier alpha value is -2.62. The number of amides is 1. The molecule has 3 rings (SSSR count). The second-order valence-electron chi connectivity index (χ2n) is 4.79. The van der Waals surface area contributed by atoms with Gasteiger partial charge >= 0.3 is 5.91 Å². The number of fused-ring (bicyclic) bond motifs is 1. The monoisotopic (exact) mass is 322 g/mol. The highest BCUT2D eigenvalue weighted by atomic mass is 16.2. The number of rotatable bonds is 3. The molecule has 0 radical (unpaired) electrons. The van der Waals surface area contributed by atoms with E-state index in [2.05, 4.69) is 19.8 Å². The average molecular weight is 322 g/mol. The van der Waals surface area contributed by atoms with E-state index in [0.717, 1.165) is 11.8 Å². The van der Waals surface area contributed by atoms with Crippen molar-refractivity contribution in [3.05, 3.63) is 30.0 Å². The summed E-state index contributed by atoms with van der Waals surface area (Å²) < 4.78 is 82.7. The molecular formula is C16H20N6O. The van der Waals surface area contributed by atoms with E-state index in [0.29, 0.717) is 0 Å². The number of anilines is 1. The van der Waals surface area contributed by atoms with E-state index in [1.54, 1.807) is 0 Å². The fraction of sp³-hybridized carbons (Fsp3) is 0.500. The smallest absolute Gasteiger partial charge is 0.302 e. The van der Waals surface area contributed by atoms with E-state index < -0.39 is 50.0 Å². The molecule has 1 amide bonds. The van der Waals surface area contributed by atoms with Gasteiger partial charge in [-0.1, -0.05) is 6.92 Å². The fourth-order valence-corrected chi connectivity index (χ4v) is 2.22. The van der Waals surface area contributed by atoms with Crippen molar-refractivity contribution >= 4 is 22.8 Å². The molecule has 1 fully saturated rings. The third-order valence-corrected chi connectivity index (χ3v) is 3.35. The van der Waals surface area contributed by atoms with Gasteiger partial charge in [0.2, 0.25) is 0 Å². The first kappa shape index (κ1) is 7.30. The first-order valence-electron chi connectivity index (χ1n) is 11.7. The number of aromatic amines is 1. The molecule has 0 unspecified atom stereocenters. The third kappa shape index (κ3) is 2.84. The van der Waals surface area contributed by atoms with E-state index in [9.17, 15) is 4.79 Å². The maximum Gasteiger partial charge on any atom is 0.302 e. The van der Waals surface area contributed by atoms with Gasteiger partial charge in [-0.15, -0.1) is 0 Å². The molecule has 23 heavy (non-hydrogen) atoms. The van der Waals surface area contributed by atoms with Crippen molar-refractivity contribution in [3.8, 4) is 0 Å². The molecule has 120 valence electrons. The van der Waals surface area contributed by atoms with Gasteiger partial charge in [-0.05, 0) is 18.4 Å². The Morgan fingerprint density at radius 1 is 1.78 bits per heavy atom. The second-order valence-corrected chi connectivity index (χ2v) is 4.79. The molecule has 1 aliphatic rings. The van der Waals surface area contributed by atoms with Crippen LogP contribution in [0.25, 0.3) is 15.9 Å². The van der Waals surface area contributed by atoms with Crippen molar-refractivity contribution in [2.45, 2.75) is 19.3 Å². The summed E-state index contributed by atoms with van der Waals surface area (Å²) in [5, 5.41) is 0.256. The molecule has 7 nitrogen and oxygen atoms in total. The number of carbonyl (C=O) groups excluding carboxylic acids is 1. The number of aromatic nitrogens is 3. The molecule has 0 spiro atoms. The molecule has 2 aromatic rings. The van der Waals surface area contributed by atoms with Gasteiger partial charge in [-0.2, -0.15) is 0 Å². The molecule has 3 heterocycles. The summed E-state index contributed by atoms with van der Waals surface area (Å²) in [5.41, 5.74) is 0.181. The Morgan fingerprint density at radius 2 is 2.61 bits per heavy atom. The van der Waals surface area contributed by atoms with Crippen molar-refractivity contribution in [1.82, 2.24) is 19.9 Å². The minimum atomic E-state index is -3.42. The maximum absolute atomic E-state index is 12.9. The second kappa shape index (κ2) is 6.24. The molecule has 1 saturated heterocycles. The van der Waals surface area contributed by atoms with Crippen LogP contribution in [0.2, 0.25) is 0 Å². The quantitative estimate of drug-likeness (QED) is 0.871. The molecule has 1 aliphatic heterocycles. The van der Waals surface area contributed by atoms with Crippen LogP contribution in [0.15, 0.2) is 18.6 Å². The number of nitrogens with one attached hydrogen (secondary N) is 1. The first-order chi connectivity index (χ1) is 14.9. The number of H-pyrrole nitrogens is 1. The van der Waals surface area contributed by atoms with Gasteiger partial charge in [0.05, 0.1) is 15.5 Å². The summed E-state index contributed by atoms with van der Waals surface area (Å²) in [6, 6.07) is -1.30. The minimum absolute atomic E-state index is 0.157. The van der Waals surface area contributed by atoms with E-state index in [1.807, 2.05) is 0 Å². The van der Waals surface area contributed by atoms with Crippen LogP contribution < -0.4 is 4.90 Å². The zero-order valence-corrected chi connectivity index (χ0v) is 12.4. The van der Waals surface area contributed by atoms with Crippen LogP contribution >= 0.6 is 0 Å². The molecule has 2 atom stereocenters. The normalized spacial score (nSPS) is 38.0. The van der Waals surface area contributed by atoms with Crippen LogP contribution in [0, 0.1) is 12.5 Å². The zero-order valence-electron chi connectivity index (χ0n) is 22.4. The third-order valence-electron chi connectivity index (χ3n) is 3.35. The van der Waals surface area contributed by atoms with Crippen molar-refractivity contribution in [3.63, 3.8) is 0 Å². The number of hydrogen-bond acceptors (Lipinski definition) is 4.